The van der Waals surface area contributed by atoms with Crippen molar-refractivity contribution in [3.63, 3.8) is 0 Å². The molecule has 0 aromatic heterocycles. The zero-order valence-electron chi connectivity index (χ0n) is 44.2. The Kier molecular flexibility index (Phi) is 13.8. The van der Waals surface area contributed by atoms with Gasteiger partial charge in [-0.2, -0.15) is 0 Å². The van der Waals surface area contributed by atoms with Gasteiger partial charge in [0, 0.05) is 22.7 Å². The predicted molar refractivity (Wildman–Crippen MR) is 339 cm³/mol. The van der Waals surface area contributed by atoms with Crippen LogP contribution in [-0.4, -0.2) is 0 Å². The van der Waals surface area contributed by atoms with E-state index in [0.717, 1.165) is 84.2 Å². The van der Waals surface area contributed by atoms with Crippen molar-refractivity contribution in [1.29, 1.82) is 0 Å². The van der Waals surface area contributed by atoms with E-state index in [9.17, 15) is 0 Å². The molecular formula is C78H56N2. The van der Waals surface area contributed by atoms with Crippen LogP contribution in [0.5, 0.6) is 0 Å². The SMILES string of the molecule is c1ccc(-c2ccc(N(c3ccc(-c4ccccc4)cc3)c3cc(-c4ccccc4)c(-c4ccc(-c5ccccc5)c(-c5ccccc5)c4)cc3N(c3ccc(-c4ccccc4)cc3)c3ccc(-c4ccccc4)cc3)cc2)cc1. The highest BCUT2D eigenvalue weighted by atomic mass is 15.2. The molecule has 0 aliphatic heterocycles. The molecule has 13 rings (SSSR count). The van der Waals surface area contributed by atoms with Crippen LogP contribution >= 0.6 is 0 Å². The van der Waals surface area contributed by atoms with Gasteiger partial charge in [-0.3, -0.25) is 0 Å². The molecule has 2 nitrogen and oxygen atoms in total. The molecule has 2 heteroatoms. The lowest BCUT2D eigenvalue weighted by atomic mass is 9.87. The van der Waals surface area contributed by atoms with Gasteiger partial charge in [0.15, 0.2) is 0 Å². The Morgan fingerprint density at radius 3 is 0.613 bits per heavy atom. The summed E-state index contributed by atoms with van der Waals surface area (Å²) in [5, 5.41) is 0. The molecule has 80 heavy (non-hydrogen) atoms. The molecule has 0 saturated carbocycles. The van der Waals surface area contributed by atoms with Crippen LogP contribution in [0, 0.1) is 0 Å². The first-order valence-corrected chi connectivity index (χ1v) is 27.4. The number of benzene rings is 13. The Morgan fingerprint density at radius 2 is 0.338 bits per heavy atom. The normalized spacial score (nSPS) is 11.0. The minimum atomic E-state index is 1.01. The Morgan fingerprint density at radius 1 is 0.138 bits per heavy atom. The summed E-state index contributed by atoms with van der Waals surface area (Å²) < 4.78 is 0. The first kappa shape index (κ1) is 49.1. The molecule has 0 radical (unpaired) electrons. The first-order chi connectivity index (χ1) is 39.7. The van der Waals surface area contributed by atoms with Gasteiger partial charge >= 0.3 is 0 Å². The number of anilines is 6. The lowest BCUT2D eigenvalue weighted by Crippen LogP contribution is -2.17. The Bertz CT molecular complexity index is 3970. The molecule has 0 aliphatic rings. The van der Waals surface area contributed by atoms with Crippen LogP contribution in [0.2, 0.25) is 0 Å². The lowest BCUT2D eigenvalue weighted by molar-refractivity contribution is 1.23. The van der Waals surface area contributed by atoms with Crippen molar-refractivity contribution in [2.75, 3.05) is 9.80 Å². The second-order valence-electron chi connectivity index (χ2n) is 20.1. The van der Waals surface area contributed by atoms with Crippen molar-refractivity contribution in [3.05, 3.63) is 340 Å². The topological polar surface area (TPSA) is 6.48 Å². The first-order valence-electron chi connectivity index (χ1n) is 27.4. The minimum absolute atomic E-state index is 1.01. The van der Waals surface area contributed by atoms with Gasteiger partial charge in [-0.1, -0.05) is 273 Å². The molecule has 0 unspecified atom stereocenters. The Labute approximate surface area is 470 Å². The van der Waals surface area contributed by atoms with E-state index in [4.69, 9.17) is 0 Å². The minimum Gasteiger partial charge on any atom is -0.308 e. The van der Waals surface area contributed by atoms with Crippen molar-refractivity contribution in [2.24, 2.45) is 0 Å². The fraction of sp³-hybridized carbons (Fsp3) is 0. The Balaban J connectivity index is 1.11. The number of nitrogens with zero attached hydrogens (tertiary/aromatic N) is 2. The summed E-state index contributed by atoms with van der Waals surface area (Å²) in [5.41, 5.74) is 24.6. The van der Waals surface area contributed by atoms with Crippen LogP contribution in [0.25, 0.3) is 89.0 Å². The number of hydrogen-bond donors (Lipinski definition) is 0. The molecule has 0 spiro atoms. The third kappa shape index (κ3) is 10.3. The summed E-state index contributed by atoms with van der Waals surface area (Å²) in [5.74, 6) is 0. The van der Waals surface area contributed by atoms with E-state index in [0.29, 0.717) is 0 Å². The van der Waals surface area contributed by atoms with E-state index in [-0.39, 0.29) is 0 Å². The van der Waals surface area contributed by atoms with Crippen LogP contribution in [-0.2, 0) is 0 Å². The molecule has 0 amide bonds. The van der Waals surface area contributed by atoms with Crippen LogP contribution < -0.4 is 9.80 Å². The number of rotatable bonds is 14. The van der Waals surface area contributed by atoms with Crippen LogP contribution in [0.4, 0.5) is 34.1 Å². The number of hydrogen-bond acceptors (Lipinski definition) is 2. The van der Waals surface area contributed by atoms with Gasteiger partial charge in [0.2, 0.25) is 0 Å². The second kappa shape index (κ2) is 22.6. The molecule has 13 aromatic rings. The summed E-state index contributed by atoms with van der Waals surface area (Å²) in [7, 11) is 0. The smallest absolute Gasteiger partial charge is 0.0709 e. The van der Waals surface area contributed by atoms with Gasteiger partial charge in [-0.05, 0) is 156 Å². The highest BCUT2D eigenvalue weighted by molar-refractivity contribution is 6.00. The van der Waals surface area contributed by atoms with Gasteiger partial charge < -0.3 is 9.80 Å². The van der Waals surface area contributed by atoms with Gasteiger partial charge in [0.1, 0.15) is 0 Å². The van der Waals surface area contributed by atoms with Crippen molar-refractivity contribution < 1.29 is 0 Å². The maximum absolute atomic E-state index is 2.46. The molecule has 0 saturated heterocycles. The van der Waals surface area contributed by atoms with E-state index in [1.165, 1.54) is 38.9 Å². The van der Waals surface area contributed by atoms with E-state index >= 15 is 0 Å². The average molecular weight is 1020 g/mol. The fourth-order valence-electron chi connectivity index (χ4n) is 11.1. The summed E-state index contributed by atoms with van der Waals surface area (Å²) in [4.78, 5) is 4.91. The molecule has 0 fully saturated rings. The van der Waals surface area contributed by atoms with Gasteiger partial charge in [0.25, 0.3) is 0 Å². The molecule has 0 atom stereocenters. The molecule has 0 bridgehead atoms. The maximum Gasteiger partial charge on any atom is 0.0709 e. The zero-order valence-corrected chi connectivity index (χ0v) is 44.2. The zero-order chi connectivity index (χ0) is 53.5. The van der Waals surface area contributed by atoms with Crippen LogP contribution in [0.15, 0.2) is 340 Å². The largest absolute Gasteiger partial charge is 0.308 e. The summed E-state index contributed by atoms with van der Waals surface area (Å²) in [6, 6.07) is 123. The second-order valence-corrected chi connectivity index (χ2v) is 20.1. The van der Waals surface area contributed by atoms with Crippen molar-refractivity contribution >= 4 is 34.1 Å². The highest BCUT2D eigenvalue weighted by Crippen LogP contribution is 2.52. The molecule has 0 aliphatic carbocycles. The third-order valence-corrected chi connectivity index (χ3v) is 15.1. The van der Waals surface area contributed by atoms with Crippen LogP contribution in [0.1, 0.15) is 0 Å². The van der Waals surface area contributed by atoms with Crippen molar-refractivity contribution in [2.45, 2.75) is 0 Å². The summed E-state index contributed by atoms with van der Waals surface area (Å²) >= 11 is 0. The van der Waals surface area contributed by atoms with Crippen molar-refractivity contribution in [3.8, 4) is 89.0 Å². The lowest BCUT2D eigenvalue weighted by Gasteiger charge is -2.35. The van der Waals surface area contributed by atoms with E-state index in [1.807, 2.05) is 0 Å². The molecule has 0 N–H and O–H groups in total. The van der Waals surface area contributed by atoms with Crippen molar-refractivity contribution in [1.82, 2.24) is 0 Å². The van der Waals surface area contributed by atoms with Gasteiger partial charge in [-0.15, -0.1) is 0 Å². The quantitative estimate of drug-likeness (QED) is 0.107. The maximum atomic E-state index is 2.46. The average Bonchev–Trinajstić information content (AvgIpc) is 3.70. The molecule has 0 heterocycles. The van der Waals surface area contributed by atoms with E-state index in [2.05, 4.69) is 350 Å². The molecular weight excluding hydrogens is 965 g/mol. The standard InChI is InChI=1S/C78H56N2/c1-8-22-57(23-9-1)61-36-45-69(46-37-61)79(70-47-38-62(39-48-70)58-24-10-2-11-25-58)77-55-75(67-34-20-7-21-35-67)76(68-44-53-73(65-30-16-5-17-31-65)74(54-68)66-32-18-6-19-33-66)56-78(77)80(71-49-40-63(41-50-71)59-26-12-3-13-27-59)72-51-42-64(43-52-72)60-28-14-4-15-29-60/h1-56H. The van der Waals surface area contributed by atoms with Gasteiger partial charge in [-0.25, -0.2) is 0 Å². The summed E-state index contributed by atoms with van der Waals surface area (Å²) in [6.45, 7) is 0. The highest BCUT2D eigenvalue weighted by Gasteiger charge is 2.27. The van der Waals surface area contributed by atoms with Crippen LogP contribution in [0.3, 0.4) is 0 Å². The van der Waals surface area contributed by atoms with Gasteiger partial charge in [0.05, 0.1) is 11.4 Å². The summed E-state index contributed by atoms with van der Waals surface area (Å²) in [6.07, 6.45) is 0. The Hall–Kier alpha value is -10.5. The predicted octanol–water partition coefficient (Wildman–Crippen LogP) is 22.0. The van der Waals surface area contributed by atoms with E-state index in [1.54, 1.807) is 0 Å². The molecule has 13 aromatic carbocycles. The monoisotopic (exact) mass is 1020 g/mol. The third-order valence-electron chi connectivity index (χ3n) is 15.1. The van der Waals surface area contributed by atoms with E-state index < -0.39 is 0 Å². The molecule has 378 valence electrons. The fourth-order valence-corrected chi connectivity index (χ4v) is 11.1.